The van der Waals surface area contributed by atoms with Gasteiger partial charge >= 0.3 is 0 Å². The molecular formula is C11H18N2O. The van der Waals surface area contributed by atoms with Crippen LogP contribution in [0.1, 0.15) is 24.6 Å². The third-order valence-electron chi connectivity index (χ3n) is 2.17. The fourth-order valence-corrected chi connectivity index (χ4v) is 1.36. The Morgan fingerprint density at radius 1 is 1.50 bits per heavy atom. The first-order valence-corrected chi connectivity index (χ1v) is 5.12. The average Bonchev–Trinajstić information content (AvgIpc) is 2.25. The highest BCUT2D eigenvalue weighted by molar-refractivity contribution is 5.19. The molecule has 0 bridgehead atoms. The molecule has 0 saturated carbocycles. The van der Waals surface area contributed by atoms with Gasteiger partial charge in [0.1, 0.15) is 0 Å². The summed E-state index contributed by atoms with van der Waals surface area (Å²) >= 11 is 0. The number of aliphatic hydroxyl groups excluding tert-OH is 1. The molecule has 0 aliphatic heterocycles. The van der Waals surface area contributed by atoms with Gasteiger partial charge in [-0.15, -0.1) is 0 Å². The van der Waals surface area contributed by atoms with Crippen molar-refractivity contribution in [2.75, 3.05) is 13.2 Å². The van der Waals surface area contributed by atoms with Gasteiger partial charge in [-0.25, -0.2) is 0 Å². The lowest BCUT2D eigenvalue weighted by molar-refractivity contribution is 0.286. The second-order valence-electron chi connectivity index (χ2n) is 3.22. The molecule has 3 heteroatoms. The first-order valence-electron chi connectivity index (χ1n) is 5.12. The van der Waals surface area contributed by atoms with Crippen molar-refractivity contribution in [1.82, 2.24) is 10.3 Å². The minimum atomic E-state index is 0.246. The van der Waals surface area contributed by atoms with Gasteiger partial charge in [-0.2, -0.15) is 0 Å². The first-order chi connectivity index (χ1) is 6.88. The van der Waals surface area contributed by atoms with Gasteiger partial charge in [-0.3, -0.25) is 4.98 Å². The standard InChI is InChI=1S/C11H18N2O/c1-2-10-5-3-7-13-11(10)9-12-6-4-8-14/h3,5,7,12,14H,2,4,6,8-9H2,1H3. The van der Waals surface area contributed by atoms with Gasteiger partial charge in [0.25, 0.3) is 0 Å². The van der Waals surface area contributed by atoms with Crippen molar-refractivity contribution in [3.05, 3.63) is 29.6 Å². The molecule has 0 saturated heterocycles. The molecule has 0 fully saturated rings. The second kappa shape index (κ2) is 6.51. The molecule has 0 spiro atoms. The molecule has 0 amide bonds. The minimum Gasteiger partial charge on any atom is -0.396 e. The summed E-state index contributed by atoms with van der Waals surface area (Å²) in [6.07, 6.45) is 3.64. The third-order valence-corrected chi connectivity index (χ3v) is 2.17. The van der Waals surface area contributed by atoms with Gasteiger partial charge in [0.05, 0.1) is 5.69 Å². The smallest absolute Gasteiger partial charge is 0.0573 e. The molecule has 3 nitrogen and oxygen atoms in total. The van der Waals surface area contributed by atoms with E-state index >= 15 is 0 Å². The number of rotatable bonds is 6. The van der Waals surface area contributed by atoms with Crippen LogP contribution in [0, 0.1) is 0 Å². The lowest BCUT2D eigenvalue weighted by Gasteiger charge is -2.07. The van der Waals surface area contributed by atoms with Gasteiger partial charge in [-0.05, 0) is 31.0 Å². The van der Waals surface area contributed by atoms with Crippen molar-refractivity contribution in [2.45, 2.75) is 26.3 Å². The molecule has 1 aromatic rings. The number of aliphatic hydroxyl groups is 1. The van der Waals surface area contributed by atoms with E-state index in [1.165, 1.54) is 5.56 Å². The van der Waals surface area contributed by atoms with Crippen LogP contribution in [0.15, 0.2) is 18.3 Å². The Kier molecular flexibility index (Phi) is 5.19. The van der Waals surface area contributed by atoms with Crippen LogP contribution < -0.4 is 5.32 Å². The molecule has 0 radical (unpaired) electrons. The summed E-state index contributed by atoms with van der Waals surface area (Å²) in [7, 11) is 0. The molecule has 78 valence electrons. The summed E-state index contributed by atoms with van der Waals surface area (Å²) < 4.78 is 0. The summed E-state index contributed by atoms with van der Waals surface area (Å²) in [5.41, 5.74) is 2.41. The van der Waals surface area contributed by atoms with Gasteiger partial charge in [0, 0.05) is 19.3 Å². The molecule has 0 unspecified atom stereocenters. The molecule has 1 rings (SSSR count). The zero-order valence-corrected chi connectivity index (χ0v) is 8.66. The van der Waals surface area contributed by atoms with E-state index < -0.39 is 0 Å². The van der Waals surface area contributed by atoms with Crippen LogP contribution in [0.4, 0.5) is 0 Å². The van der Waals surface area contributed by atoms with Gasteiger partial charge in [0.2, 0.25) is 0 Å². The normalized spacial score (nSPS) is 10.4. The number of nitrogens with one attached hydrogen (secondary N) is 1. The highest BCUT2D eigenvalue weighted by Crippen LogP contribution is 2.05. The Hall–Kier alpha value is -0.930. The Balaban J connectivity index is 2.41. The van der Waals surface area contributed by atoms with Crippen LogP contribution in [0.25, 0.3) is 0 Å². The molecular weight excluding hydrogens is 176 g/mol. The van der Waals surface area contributed by atoms with Crippen molar-refractivity contribution in [3.63, 3.8) is 0 Å². The SMILES string of the molecule is CCc1cccnc1CNCCCO. The maximum absolute atomic E-state index is 8.61. The number of nitrogens with zero attached hydrogens (tertiary/aromatic N) is 1. The second-order valence-corrected chi connectivity index (χ2v) is 3.22. The zero-order valence-electron chi connectivity index (χ0n) is 8.66. The van der Waals surface area contributed by atoms with Crippen molar-refractivity contribution >= 4 is 0 Å². The lowest BCUT2D eigenvalue weighted by atomic mass is 10.1. The van der Waals surface area contributed by atoms with Gasteiger partial charge < -0.3 is 10.4 Å². The zero-order chi connectivity index (χ0) is 10.2. The van der Waals surface area contributed by atoms with E-state index in [1.54, 1.807) is 0 Å². The molecule has 0 atom stereocenters. The van der Waals surface area contributed by atoms with E-state index in [-0.39, 0.29) is 6.61 Å². The number of pyridine rings is 1. The minimum absolute atomic E-state index is 0.246. The topological polar surface area (TPSA) is 45.2 Å². The average molecular weight is 194 g/mol. The molecule has 14 heavy (non-hydrogen) atoms. The van der Waals surface area contributed by atoms with Gasteiger partial charge in [0.15, 0.2) is 0 Å². The first kappa shape index (κ1) is 11.1. The van der Waals surface area contributed by atoms with Crippen molar-refractivity contribution in [1.29, 1.82) is 0 Å². The van der Waals surface area contributed by atoms with E-state index in [1.807, 2.05) is 12.3 Å². The Labute approximate surface area is 85.2 Å². The van der Waals surface area contributed by atoms with E-state index in [4.69, 9.17) is 5.11 Å². The highest BCUT2D eigenvalue weighted by Gasteiger charge is 1.99. The van der Waals surface area contributed by atoms with Crippen LogP contribution in [-0.4, -0.2) is 23.2 Å². The van der Waals surface area contributed by atoms with E-state index in [2.05, 4.69) is 23.3 Å². The van der Waals surface area contributed by atoms with Crippen molar-refractivity contribution in [3.8, 4) is 0 Å². The molecule has 0 aliphatic carbocycles. The monoisotopic (exact) mass is 194 g/mol. The fourth-order valence-electron chi connectivity index (χ4n) is 1.36. The molecule has 0 aromatic carbocycles. The summed E-state index contributed by atoms with van der Waals surface area (Å²) in [6.45, 7) is 4.02. The summed E-state index contributed by atoms with van der Waals surface area (Å²) in [5.74, 6) is 0. The van der Waals surface area contributed by atoms with E-state index in [0.29, 0.717) is 0 Å². The largest absolute Gasteiger partial charge is 0.396 e. The van der Waals surface area contributed by atoms with Crippen LogP contribution in [0.2, 0.25) is 0 Å². The van der Waals surface area contributed by atoms with Crippen LogP contribution in [0.5, 0.6) is 0 Å². The van der Waals surface area contributed by atoms with Gasteiger partial charge in [-0.1, -0.05) is 13.0 Å². The maximum atomic E-state index is 8.61. The quantitative estimate of drug-likeness (QED) is 0.667. The summed E-state index contributed by atoms with van der Waals surface area (Å²) in [6, 6.07) is 4.08. The van der Waals surface area contributed by atoms with Crippen LogP contribution >= 0.6 is 0 Å². The molecule has 0 aliphatic rings. The predicted molar refractivity (Wildman–Crippen MR) is 57.0 cm³/mol. The Morgan fingerprint density at radius 3 is 3.07 bits per heavy atom. The number of aryl methyl sites for hydroxylation is 1. The van der Waals surface area contributed by atoms with E-state index in [9.17, 15) is 0 Å². The maximum Gasteiger partial charge on any atom is 0.0573 e. The van der Waals surface area contributed by atoms with Crippen LogP contribution in [-0.2, 0) is 13.0 Å². The van der Waals surface area contributed by atoms with Crippen molar-refractivity contribution < 1.29 is 5.11 Å². The van der Waals surface area contributed by atoms with Crippen LogP contribution in [0.3, 0.4) is 0 Å². The molecule has 2 N–H and O–H groups in total. The number of hydrogen-bond acceptors (Lipinski definition) is 3. The third kappa shape index (κ3) is 3.44. The summed E-state index contributed by atoms with van der Waals surface area (Å²) in [4.78, 5) is 4.32. The fraction of sp³-hybridized carbons (Fsp3) is 0.545. The van der Waals surface area contributed by atoms with Crippen molar-refractivity contribution in [2.24, 2.45) is 0 Å². The Morgan fingerprint density at radius 2 is 2.36 bits per heavy atom. The lowest BCUT2D eigenvalue weighted by Crippen LogP contribution is -2.17. The Bertz CT molecular complexity index is 263. The highest BCUT2D eigenvalue weighted by atomic mass is 16.3. The molecule has 1 aromatic heterocycles. The number of hydrogen-bond donors (Lipinski definition) is 2. The summed E-state index contributed by atoms with van der Waals surface area (Å²) in [5, 5.41) is 11.9. The predicted octanol–water partition coefficient (Wildman–Crippen LogP) is 1.12. The van der Waals surface area contributed by atoms with E-state index in [0.717, 1.165) is 31.6 Å². The molecule has 1 heterocycles. The number of aromatic nitrogens is 1.